The lowest BCUT2D eigenvalue weighted by Gasteiger charge is -2.17. The van der Waals surface area contributed by atoms with Gasteiger partial charge in [-0.25, -0.2) is 0 Å². The first kappa shape index (κ1) is 12.2. The van der Waals surface area contributed by atoms with Crippen LogP contribution in [0.15, 0.2) is 30.3 Å². The molecule has 2 nitrogen and oxygen atoms in total. The highest BCUT2D eigenvalue weighted by atomic mass is 16.5. The van der Waals surface area contributed by atoms with Crippen LogP contribution in [-0.4, -0.2) is 20.3 Å². The fourth-order valence-corrected chi connectivity index (χ4v) is 1.45. The quantitative estimate of drug-likeness (QED) is 0.774. The van der Waals surface area contributed by atoms with Crippen LogP contribution in [0.2, 0.25) is 0 Å². The molecule has 1 N–H and O–H groups in total. The van der Waals surface area contributed by atoms with E-state index in [1.807, 2.05) is 13.1 Å². The molecule has 1 unspecified atom stereocenters. The summed E-state index contributed by atoms with van der Waals surface area (Å²) in [6.07, 6.45) is 0. The molecule has 1 rings (SSSR count). The van der Waals surface area contributed by atoms with Crippen molar-refractivity contribution in [1.82, 2.24) is 5.32 Å². The number of hydrogen-bond donors (Lipinski definition) is 1. The van der Waals surface area contributed by atoms with Gasteiger partial charge in [0, 0.05) is 6.61 Å². The van der Waals surface area contributed by atoms with Gasteiger partial charge in [0.1, 0.15) is 0 Å². The summed E-state index contributed by atoms with van der Waals surface area (Å²) in [5.74, 6) is 0.596. The zero-order valence-corrected chi connectivity index (χ0v) is 9.86. The van der Waals surface area contributed by atoms with Gasteiger partial charge in [-0.3, -0.25) is 0 Å². The average molecular weight is 207 g/mol. The van der Waals surface area contributed by atoms with Crippen LogP contribution in [0.25, 0.3) is 0 Å². The maximum Gasteiger partial charge on any atom is 0.0661 e. The normalized spacial score (nSPS) is 13.1. The first-order valence-corrected chi connectivity index (χ1v) is 5.54. The Bertz CT molecular complexity index is 258. The smallest absolute Gasteiger partial charge is 0.0661 e. The van der Waals surface area contributed by atoms with Gasteiger partial charge < -0.3 is 10.1 Å². The summed E-state index contributed by atoms with van der Waals surface area (Å²) in [6, 6.07) is 10.7. The Labute approximate surface area is 92.6 Å². The Hall–Kier alpha value is -0.860. The maximum atomic E-state index is 5.64. The molecule has 0 aliphatic heterocycles. The molecular weight excluding hydrogens is 186 g/mol. The number of likely N-dealkylation sites (N-methyl/N-ethyl adjacent to an activating group) is 1. The molecule has 1 aromatic carbocycles. The van der Waals surface area contributed by atoms with Crippen LogP contribution in [-0.2, 0) is 4.74 Å². The van der Waals surface area contributed by atoms with Crippen molar-refractivity contribution in [3.63, 3.8) is 0 Å². The molecule has 0 heterocycles. The van der Waals surface area contributed by atoms with Crippen molar-refractivity contribution in [1.29, 1.82) is 0 Å². The molecule has 0 bridgehead atoms. The third kappa shape index (κ3) is 4.45. The number of hydrogen-bond acceptors (Lipinski definition) is 2. The predicted molar refractivity (Wildman–Crippen MR) is 63.9 cm³/mol. The van der Waals surface area contributed by atoms with Crippen LogP contribution in [0, 0.1) is 5.92 Å². The fourth-order valence-electron chi connectivity index (χ4n) is 1.45. The minimum Gasteiger partial charge on any atom is -0.379 e. The first-order valence-electron chi connectivity index (χ1n) is 5.54. The number of nitrogens with one attached hydrogen (secondary N) is 1. The van der Waals surface area contributed by atoms with E-state index in [0.29, 0.717) is 12.0 Å². The molecule has 15 heavy (non-hydrogen) atoms. The van der Waals surface area contributed by atoms with Crippen molar-refractivity contribution in [2.75, 3.05) is 20.3 Å². The average Bonchev–Trinajstić information content (AvgIpc) is 2.25. The van der Waals surface area contributed by atoms with Gasteiger partial charge in [-0.15, -0.1) is 0 Å². The second-order valence-corrected chi connectivity index (χ2v) is 4.18. The van der Waals surface area contributed by atoms with Gasteiger partial charge in [0.2, 0.25) is 0 Å². The molecule has 0 aromatic heterocycles. The van der Waals surface area contributed by atoms with Crippen molar-refractivity contribution in [2.24, 2.45) is 5.92 Å². The SMILES string of the molecule is CNC(COCC(C)C)c1ccccc1. The van der Waals surface area contributed by atoms with Crippen molar-refractivity contribution in [2.45, 2.75) is 19.9 Å². The van der Waals surface area contributed by atoms with Gasteiger partial charge in [-0.2, -0.15) is 0 Å². The zero-order chi connectivity index (χ0) is 11.1. The van der Waals surface area contributed by atoms with E-state index in [-0.39, 0.29) is 0 Å². The number of benzene rings is 1. The molecule has 1 atom stereocenters. The van der Waals surface area contributed by atoms with Crippen LogP contribution in [0.5, 0.6) is 0 Å². The third-order valence-electron chi connectivity index (χ3n) is 2.29. The standard InChI is InChI=1S/C13H21NO/c1-11(2)9-15-10-13(14-3)12-7-5-4-6-8-12/h4-8,11,13-14H,9-10H2,1-3H3. The van der Waals surface area contributed by atoms with Gasteiger partial charge in [0.15, 0.2) is 0 Å². The van der Waals surface area contributed by atoms with Crippen molar-refractivity contribution < 1.29 is 4.74 Å². The van der Waals surface area contributed by atoms with Gasteiger partial charge in [-0.1, -0.05) is 44.2 Å². The van der Waals surface area contributed by atoms with E-state index in [9.17, 15) is 0 Å². The Morgan fingerprint density at radius 3 is 2.33 bits per heavy atom. The van der Waals surface area contributed by atoms with Crippen LogP contribution in [0.4, 0.5) is 0 Å². The Kier molecular flexibility index (Phi) is 5.37. The number of ether oxygens (including phenoxy) is 1. The van der Waals surface area contributed by atoms with Gasteiger partial charge in [0.05, 0.1) is 12.6 Å². The molecule has 0 spiro atoms. The minimum atomic E-state index is 0.296. The molecular formula is C13H21NO. The van der Waals surface area contributed by atoms with E-state index in [1.165, 1.54) is 5.56 Å². The zero-order valence-electron chi connectivity index (χ0n) is 9.86. The molecule has 0 aliphatic carbocycles. The summed E-state index contributed by atoms with van der Waals surface area (Å²) in [4.78, 5) is 0. The third-order valence-corrected chi connectivity index (χ3v) is 2.29. The fraction of sp³-hybridized carbons (Fsp3) is 0.538. The van der Waals surface area contributed by atoms with E-state index in [2.05, 4.69) is 43.4 Å². The maximum absolute atomic E-state index is 5.64. The Morgan fingerprint density at radius 2 is 1.80 bits per heavy atom. The molecule has 0 saturated heterocycles. The highest BCUT2D eigenvalue weighted by molar-refractivity contribution is 5.18. The second kappa shape index (κ2) is 6.59. The lowest BCUT2D eigenvalue weighted by molar-refractivity contribution is 0.0919. The Morgan fingerprint density at radius 1 is 1.13 bits per heavy atom. The van der Waals surface area contributed by atoms with Gasteiger partial charge >= 0.3 is 0 Å². The monoisotopic (exact) mass is 207 g/mol. The van der Waals surface area contributed by atoms with Crippen LogP contribution in [0.3, 0.4) is 0 Å². The van der Waals surface area contributed by atoms with E-state index in [1.54, 1.807) is 0 Å². The lowest BCUT2D eigenvalue weighted by Crippen LogP contribution is -2.22. The molecule has 0 aliphatic rings. The summed E-state index contributed by atoms with van der Waals surface area (Å²) >= 11 is 0. The lowest BCUT2D eigenvalue weighted by atomic mass is 10.1. The van der Waals surface area contributed by atoms with Crippen LogP contribution < -0.4 is 5.32 Å². The Balaban J connectivity index is 2.43. The molecule has 0 saturated carbocycles. The predicted octanol–water partition coefficient (Wildman–Crippen LogP) is 2.62. The number of rotatable bonds is 6. The highest BCUT2D eigenvalue weighted by Gasteiger charge is 2.08. The summed E-state index contributed by atoms with van der Waals surface area (Å²) < 4.78 is 5.64. The van der Waals surface area contributed by atoms with Crippen LogP contribution >= 0.6 is 0 Å². The molecule has 0 radical (unpaired) electrons. The van der Waals surface area contributed by atoms with Crippen molar-refractivity contribution >= 4 is 0 Å². The van der Waals surface area contributed by atoms with Crippen molar-refractivity contribution in [3.05, 3.63) is 35.9 Å². The first-order chi connectivity index (χ1) is 7.24. The summed E-state index contributed by atoms with van der Waals surface area (Å²) in [6.45, 7) is 5.89. The summed E-state index contributed by atoms with van der Waals surface area (Å²) in [7, 11) is 1.97. The van der Waals surface area contributed by atoms with E-state index >= 15 is 0 Å². The van der Waals surface area contributed by atoms with E-state index < -0.39 is 0 Å². The van der Waals surface area contributed by atoms with Crippen LogP contribution in [0.1, 0.15) is 25.5 Å². The molecule has 1 aromatic rings. The topological polar surface area (TPSA) is 21.3 Å². The van der Waals surface area contributed by atoms with Gasteiger partial charge in [-0.05, 0) is 18.5 Å². The largest absolute Gasteiger partial charge is 0.379 e. The van der Waals surface area contributed by atoms with E-state index in [0.717, 1.165) is 13.2 Å². The van der Waals surface area contributed by atoms with E-state index in [4.69, 9.17) is 4.74 Å². The molecule has 2 heteroatoms. The molecule has 0 fully saturated rings. The highest BCUT2D eigenvalue weighted by Crippen LogP contribution is 2.12. The van der Waals surface area contributed by atoms with Crippen molar-refractivity contribution in [3.8, 4) is 0 Å². The summed E-state index contributed by atoms with van der Waals surface area (Å²) in [5.41, 5.74) is 1.28. The van der Waals surface area contributed by atoms with Gasteiger partial charge in [0.25, 0.3) is 0 Å². The second-order valence-electron chi connectivity index (χ2n) is 4.18. The minimum absolute atomic E-state index is 0.296. The molecule has 84 valence electrons. The summed E-state index contributed by atoms with van der Waals surface area (Å²) in [5, 5.41) is 3.27. The molecule has 0 amide bonds.